The molecule has 1 rings (SSSR count). The van der Waals surface area contributed by atoms with Crippen molar-refractivity contribution >= 4 is 29.6 Å². The van der Waals surface area contributed by atoms with Crippen molar-refractivity contribution < 1.29 is 12.6 Å². The van der Waals surface area contributed by atoms with Crippen LogP contribution in [0.3, 0.4) is 0 Å². The van der Waals surface area contributed by atoms with Crippen molar-refractivity contribution in [1.29, 1.82) is 0 Å². The van der Waals surface area contributed by atoms with E-state index in [9.17, 15) is 12.6 Å². The molecule has 0 radical (unpaired) electrons. The van der Waals surface area contributed by atoms with Gasteiger partial charge in [0, 0.05) is 21.8 Å². The van der Waals surface area contributed by atoms with Crippen molar-refractivity contribution in [2.75, 3.05) is 6.26 Å². The molecule has 0 saturated heterocycles. The van der Waals surface area contributed by atoms with E-state index in [0.717, 1.165) is 0 Å². The Bertz CT molecular complexity index is 529. The Morgan fingerprint density at radius 2 is 1.64 bits per heavy atom. The van der Waals surface area contributed by atoms with Gasteiger partial charge in [0.25, 0.3) is 0 Å². The van der Waals surface area contributed by atoms with Crippen LogP contribution in [0.2, 0.25) is 0 Å². The average molecular weight is 254 g/mol. The predicted molar refractivity (Wildman–Crippen MR) is 56.0 cm³/mol. The smallest absolute Gasteiger partial charge is 0.244 e. The number of halogens is 1. The molecule has 1 aromatic carbocycles. The molecule has 1 unspecified atom stereocenters. The molecule has 0 bridgehead atoms. The minimum absolute atomic E-state index is 0.337. The molecule has 0 aliphatic heterocycles. The van der Waals surface area contributed by atoms with Crippen LogP contribution in [0.5, 0.6) is 0 Å². The third kappa shape index (κ3) is 3.28. The van der Waals surface area contributed by atoms with E-state index in [1.54, 1.807) is 18.2 Å². The lowest BCUT2D eigenvalue weighted by atomic mass is 10.4. The zero-order valence-corrected chi connectivity index (χ0v) is 9.64. The van der Waals surface area contributed by atoms with Gasteiger partial charge >= 0.3 is 9.24 Å². The van der Waals surface area contributed by atoms with E-state index in [-0.39, 0.29) is 0 Å². The van der Waals surface area contributed by atoms with Crippen LogP contribution < -0.4 is 0 Å². The monoisotopic (exact) mass is 253 g/mol. The van der Waals surface area contributed by atoms with Crippen LogP contribution in [0.25, 0.3) is 0 Å². The fraction of sp³-hybridized carbons (Fsp3) is 0.143. The van der Waals surface area contributed by atoms with Crippen molar-refractivity contribution in [2.24, 2.45) is 3.77 Å². The van der Waals surface area contributed by atoms with Gasteiger partial charge in [-0.3, -0.25) is 0 Å². The molecule has 14 heavy (non-hydrogen) atoms. The first kappa shape index (κ1) is 11.5. The summed E-state index contributed by atoms with van der Waals surface area (Å²) >= 11 is 0. The van der Waals surface area contributed by atoms with Crippen LogP contribution in [0.1, 0.15) is 0 Å². The largest absolute Gasteiger partial charge is 0.347 e. The quantitative estimate of drug-likeness (QED) is 0.753. The molecule has 0 amide bonds. The molecule has 0 saturated carbocycles. The maximum atomic E-state index is 11.8. The Morgan fingerprint density at radius 1 is 1.14 bits per heavy atom. The van der Waals surface area contributed by atoms with E-state index in [4.69, 9.17) is 10.7 Å². The zero-order chi connectivity index (χ0) is 10.8. The molecule has 0 N–H and O–H groups in total. The second-order valence-corrected chi connectivity index (χ2v) is 7.27. The number of benzene rings is 1. The third-order valence-electron chi connectivity index (χ3n) is 1.41. The summed E-state index contributed by atoms with van der Waals surface area (Å²) in [5.41, 5.74) is 0. The maximum absolute atomic E-state index is 11.8. The first-order chi connectivity index (χ1) is 6.31. The Labute approximate surface area is 87.6 Å². The second-order valence-electron chi connectivity index (χ2n) is 2.60. The molecule has 0 aliphatic rings. The lowest BCUT2D eigenvalue weighted by Gasteiger charge is -2.01. The highest BCUT2D eigenvalue weighted by molar-refractivity contribution is 8.17. The SMILES string of the molecule is CS(=O)(=NS(=O)(=O)Cl)c1ccccc1. The summed E-state index contributed by atoms with van der Waals surface area (Å²) in [7, 11) is -2.18. The van der Waals surface area contributed by atoms with Crippen molar-refractivity contribution in [3.8, 4) is 0 Å². The van der Waals surface area contributed by atoms with Crippen LogP contribution >= 0.6 is 10.7 Å². The molecule has 4 nitrogen and oxygen atoms in total. The molecule has 0 aromatic heterocycles. The Morgan fingerprint density at radius 3 is 2.07 bits per heavy atom. The third-order valence-corrected chi connectivity index (χ3v) is 4.92. The lowest BCUT2D eigenvalue weighted by molar-refractivity contribution is 0.611. The molecule has 7 heteroatoms. The minimum Gasteiger partial charge on any atom is -0.244 e. The molecule has 1 atom stereocenters. The molecule has 0 heterocycles. The summed E-state index contributed by atoms with van der Waals surface area (Å²) in [6.07, 6.45) is 1.22. The molecule has 0 aliphatic carbocycles. The number of hydrogen-bond acceptors (Lipinski definition) is 3. The number of hydrogen-bond donors (Lipinski definition) is 0. The highest BCUT2D eigenvalue weighted by Gasteiger charge is 2.10. The lowest BCUT2D eigenvalue weighted by Crippen LogP contribution is -1.99. The van der Waals surface area contributed by atoms with Crippen molar-refractivity contribution in [3.05, 3.63) is 30.3 Å². The van der Waals surface area contributed by atoms with Crippen LogP contribution in [0.4, 0.5) is 0 Å². The van der Waals surface area contributed by atoms with Gasteiger partial charge in [-0.1, -0.05) is 22.0 Å². The van der Waals surface area contributed by atoms with Crippen molar-refractivity contribution in [3.63, 3.8) is 0 Å². The van der Waals surface area contributed by atoms with Gasteiger partial charge in [0.1, 0.15) is 0 Å². The topological polar surface area (TPSA) is 63.6 Å². The Balaban J connectivity index is 3.37. The zero-order valence-electron chi connectivity index (χ0n) is 7.25. The molecule has 78 valence electrons. The maximum Gasteiger partial charge on any atom is 0.347 e. The number of nitrogens with zero attached hydrogens (tertiary/aromatic N) is 1. The van der Waals surface area contributed by atoms with Gasteiger partial charge < -0.3 is 0 Å². The van der Waals surface area contributed by atoms with Crippen LogP contribution in [-0.2, 0) is 19.0 Å². The van der Waals surface area contributed by atoms with E-state index < -0.39 is 19.0 Å². The van der Waals surface area contributed by atoms with E-state index in [1.807, 2.05) is 0 Å². The fourth-order valence-electron chi connectivity index (χ4n) is 0.886. The van der Waals surface area contributed by atoms with Gasteiger partial charge in [0.05, 0.1) is 9.73 Å². The van der Waals surface area contributed by atoms with Crippen molar-refractivity contribution in [2.45, 2.75) is 4.90 Å². The summed E-state index contributed by atoms with van der Waals surface area (Å²) in [6.45, 7) is 0. The van der Waals surface area contributed by atoms with E-state index >= 15 is 0 Å². The highest BCUT2D eigenvalue weighted by Crippen LogP contribution is 2.13. The van der Waals surface area contributed by atoms with Gasteiger partial charge in [0.15, 0.2) is 0 Å². The fourth-order valence-corrected chi connectivity index (χ4v) is 4.22. The average Bonchev–Trinajstić information content (AvgIpc) is 2.01. The van der Waals surface area contributed by atoms with Crippen molar-refractivity contribution in [1.82, 2.24) is 0 Å². The Kier molecular flexibility index (Phi) is 3.18. The second kappa shape index (κ2) is 3.88. The molecular weight excluding hydrogens is 246 g/mol. The summed E-state index contributed by atoms with van der Waals surface area (Å²) < 4.78 is 36.1. The standard InChI is InChI=1S/C7H8ClNO3S2/c1-13(10,9-14(8,11)12)7-5-3-2-4-6-7/h2-6H,1H3. The van der Waals surface area contributed by atoms with Gasteiger partial charge in [-0.2, -0.15) is 8.42 Å². The molecular formula is C7H8ClNO3S2. The van der Waals surface area contributed by atoms with Gasteiger partial charge in [-0.15, -0.1) is 0 Å². The summed E-state index contributed by atoms with van der Waals surface area (Å²) in [5, 5.41) is 0. The molecule has 0 fully saturated rings. The molecule has 1 aromatic rings. The van der Waals surface area contributed by atoms with Gasteiger partial charge in [0.2, 0.25) is 0 Å². The predicted octanol–water partition coefficient (Wildman–Crippen LogP) is 1.63. The van der Waals surface area contributed by atoms with E-state index in [1.165, 1.54) is 18.4 Å². The first-order valence-corrected chi connectivity index (χ1v) is 7.73. The summed E-state index contributed by atoms with van der Waals surface area (Å²) in [4.78, 5) is 0.337. The van der Waals surface area contributed by atoms with Gasteiger partial charge in [-0.25, -0.2) is 4.21 Å². The van der Waals surface area contributed by atoms with Crippen LogP contribution in [-0.4, -0.2) is 18.9 Å². The Hall–Kier alpha value is -0.590. The highest BCUT2D eigenvalue weighted by atomic mass is 35.7. The summed E-state index contributed by atoms with van der Waals surface area (Å²) in [5.74, 6) is 0. The van der Waals surface area contributed by atoms with Crippen LogP contribution in [0, 0.1) is 0 Å². The minimum atomic E-state index is -4.11. The van der Waals surface area contributed by atoms with E-state index in [0.29, 0.717) is 4.90 Å². The normalized spacial score (nSPS) is 15.9. The van der Waals surface area contributed by atoms with Gasteiger partial charge in [-0.05, 0) is 12.1 Å². The molecule has 0 spiro atoms. The number of rotatable bonds is 2. The summed E-state index contributed by atoms with van der Waals surface area (Å²) in [6, 6.07) is 8.10. The van der Waals surface area contributed by atoms with E-state index in [2.05, 4.69) is 3.77 Å². The van der Waals surface area contributed by atoms with Crippen LogP contribution in [0.15, 0.2) is 39.0 Å². The first-order valence-electron chi connectivity index (χ1n) is 3.54.